The Morgan fingerprint density at radius 1 is 1.12 bits per heavy atom. The molecule has 2 aromatic carbocycles. The highest BCUT2D eigenvalue weighted by Gasteiger charge is 2.07. The fraction of sp³-hybridized carbons (Fsp3) is 0.118. The highest BCUT2D eigenvalue weighted by molar-refractivity contribution is 7.13. The zero-order chi connectivity index (χ0) is 16.4. The molecule has 0 fully saturated rings. The molecule has 2 heterocycles. The first kappa shape index (κ1) is 14.6. The molecular weight excluding hydrogens is 322 g/mol. The maximum absolute atomic E-state index is 5.16. The van der Waals surface area contributed by atoms with Crippen molar-refractivity contribution >= 4 is 33.2 Å². The Balaban J connectivity index is 1.50. The van der Waals surface area contributed by atoms with Crippen molar-refractivity contribution in [2.24, 2.45) is 0 Å². The third kappa shape index (κ3) is 2.93. The Morgan fingerprint density at radius 3 is 2.79 bits per heavy atom. The molecule has 0 aliphatic heterocycles. The van der Waals surface area contributed by atoms with Gasteiger partial charge in [0.2, 0.25) is 0 Å². The molecule has 7 heteroatoms. The average Bonchev–Trinajstić information content (AvgIpc) is 3.23. The Hall–Kier alpha value is -2.93. The molecule has 2 aromatic heterocycles. The molecule has 0 atom stereocenters. The van der Waals surface area contributed by atoms with Crippen molar-refractivity contribution in [3.63, 3.8) is 0 Å². The predicted molar refractivity (Wildman–Crippen MR) is 95.0 cm³/mol. The van der Waals surface area contributed by atoms with Crippen molar-refractivity contribution in [1.29, 1.82) is 0 Å². The number of nitrogens with one attached hydrogen (secondary N) is 1. The molecule has 120 valence electrons. The average molecular weight is 337 g/mol. The number of benzene rings is 2. The van der Waals surface area contributed by atoms with Gasteiger partial charge in [-0.2, -0.15) is 0 Å². The highest BCUT2D eigenvalue weighted by atomic mass is 32.1. The molecule has 4 rings (SSSR count). The molecule has 0 spiro atoms. The van der Waals surface area contributed by atoms with Crippen LogP contribution in [0.4, 0.5) is 10.8 Å². The summed E-state index contributed by atoms with van der Waals surface area (Å²) >= 11 is 1.57. The molecule has 0 bridgehead atoms. The van der Waals surface area contributed by atoms with Gasteiger partial charge in [-0.3, -0.25) is 0 Å². The van der Waals surface area contributed by atoms with Gasteiger partial charge in [0.25, 0.3) is 0 Å². The van der Waals surface area contributed by atoms with Gasteiger partial charge in [-0.05, 0) is 36.4 Å². The van der Waals surface area contributed by atoms with E-state index >= 15 is 0 Å². The lowest BCUT2D eigenvalue weighted by Gasteiger charge is -2.04. The number of anilines is 2. The van der Waals surface area contributed by atoms with Gasteiger partial charge in [0.15, 0.2) is 5.13 Å². The topological polar surface area (TPSA) is 64.9 Å². The van der Waals surface area contributed by atoms with Crippen LogP contribution in [0.25, 0.3) is 11.0 Å². The molecule has 24 heavy (non-hydrogen) atoms. The van der Waals surface area contributed by atoms with Crippen LogP contribution in [0, 0.1) is 0 Å². The Labute approximate surface area is 142 Å². The maximum atomic E-state index is 5.16. The summed E-state index contributed by atoms with van der Waals surface area (Å²) in [7, 11) is 1.66. The molecule has 0 radical (unpaired) electrons. The SMILES string of the molecule is COc1ccc(Nc2nc(Cn3nnc4ccccc43)cs2)cc1. The van der Waals surface area contributed by atoms with E-state index in [0.29, 0.717) is 6.54 Å². The lowest BCUT2D eigenvalue weighted by molar-refractivity contribution is 0.415. The molecule has 0 unspecified atom stereocenters. The van der Waals surface area contributed by atoms with Gasteiger partial charge in [-0.1, -0.05) is 17.3 Å². The molecule has 4 aromatic rings. The Bertz CT molecular complexity index is 960. The van der Waals surface area contributed by atoms with Crippen molar-refractivity contribution < 1.29 is 4.74 Å². The molecule has 6 nitrogen and oxygen atoms in total. The zero-order valence-corrected chi connectivity index (χ0v) is 13.8. The minimum Gasteiger partial charge on any atom is -0.497 e. The van der Waals surface area contributed by atoms with Crippen LogP contribution in [-0.2, 0) is 6.54 Å². The van der Waals surface area contributed by atoms with E-state index < -0.39 is 0 Å². The van der Waals surface area contributed by atoms with Crippen LogP contribution in [0.3, 0.4) is 0 Å². The van der Waals surface area contributed by atoms with Crippen molar-refractivity contribution in [3.05, 3.63) is 59.6 Å². The smallest absolute Gasteiger partial charge is 0.187 e. The van der Waals surface area contributed by atoms with Crippen molar-refractivity contribution in [3.8, 4) is 5.75 Å². The van der Waals surface area contributed by atoms with E-state index in [-0.39, 0.29) is 0 Å². The monoisotopic (exact) mass is 337 g/mol. The number of hydrogen-bond acceptors (Lipinski definition) is 6. The van der Waals surface area contributed by atoms with Gasteiger partial charge in [-0.15, -0.1) is 16.4 Å². The van der Waals surface area contributed by atoms with Crippen LogP contribution in [0.2, 0.25) is 0 Å². The first-order valence-electron chi connectivity index (χ1n) is 7.45. The lowest BCUT2D eigenvalue weighted by Crippen LogP contribution is -2.02. The van der Waals surface area contributed by atoms with E-state index in [1.807, 2.05) is 58.6 Å². The van der Waals surface area contributed by atoms with Crippen LogP contribution in [0.5, 0.6) is 5.75 Å². The number of para-hydroxylation sites is 1. The zero-order valence-electron chi connectivity index (χ0n) is 13.0. The van der Waals surface area contributed by atoms with E-state index in [1.54, 1.807) is 18.4 Å². The van der Waals surface area contributed by atoms with Crippen LogP contribution in [0.1, 0.15) is 5.69 Å². The second-order valence-electron chi connectivity index (χ2n) is 5.23. The summed E-state index contributed by atoms with van der Waals surface area (Å²) in [6, 6.07) is 15.7. The second-order valence-corrected chi connectivity index (χ2v) is 6.09. The largest absolute Gasteiger partial charge is 0.497 e. The van der Waals surface area contributed by atoms with Crippen molar-refractivity contribution in [2.75, 3.05) is 12.4 Å². The first-order chi connectivity index (χ1) is 11.8. The first-order valence-corrected chi connectivity index (χ1v) is 8.33. The Morgan fingerprint density at radius 2 is 1.96 bits per heavy atom. The summed E-state index contributed by atoms with van der Waals surface area (Å²) in [4.78, 5) is 4.62. The summed E-state index contributed by atoms with van der Waals surface area (Å²) in [5.74, 6) is 0.832. The molecule has 1 N–H and O–H groups in total. The Kier molecular flexibility index (Phi) is 3.84. The van der Waals surface area contributed by atoms with E-state index in [4.69, 9.17) is 4.74 Å². The summed E-state index contributed by atoms with van der Waals surface area (Å²) in [5.41, 5.74) is 3.83. The van der Waals surface area contributed by atoms with Gasteiger partial charge >= 0.3 is 0 Å². The predicted octanol–water partition coefficient (Wildman–Crippen LogP) is 3.69. The number of hydrogen-bond donors (Lipinski definition) is 1. The standard InChI is InChI=1S/C17H15N5OS/c1-23-14-8-6-12(7-9-14)18-17-19-13(11-24-17)10-22-16-5-3-2-4-15(16)20-21-22/h2-9,11H,10H2,1H3,(H,18,19). The lowest BCUT2D eigenvalue weighted by atomic mass is 10.3. The number of fused-ring (bicyclic) bond motifs is 1. The van der Waals surface area contributed by atoms with Gasteiger partial charge in [0, 0.05) is 11.1 Å². The summed E-state index contributed by atoms with van der Waals surface area (Å²) in [6.45, 7) is 0.599. The van der Waals surface area contributed by atoms with E-state index in [0.717, 1.165) is 33.3 Å². The molecular formula is C17H15N5OS. The van der Waals surface area contributed by atoms with Crippen molar-refractivity contribution in [2.45, 2.75) is 6.54 Å². The molecule has 0 saturated carbocycles. The van der Waals surface area contributed by atoms with Crippen LogP contribution >= 0.6 is 11.3 Å². The van der Waals surface area contributed by atoms with Crippen LogP contribution in [-0.4, -0.2) is 27.1 Å². The minimum absolute atomic E-state index is 0.599. The summed E-state index contributed by atoms with van der Waals surface area (Å²) < 4.78 is 7.02. The minimum atomic E-state index is 0.599. The quantitative estimate of drug-likeness (QED) is 0.602. The second kappa shape index (κ2) is 6.29. The van der Waals surface area contributed by atoms with E-state index in [1.165, 1.54) is 0 Å². The fourth-order valence-electron chi connectivity index (χ4n) is 2.42. The van der Waals surface area contributed by atoms with Gasteiger partial charge in [0.05, 0.1) is 24.9 Å². The highest BCUT2D eigenvalue weighted by Crippen LogP contribution is 2.23. The number of methoxy groups -OCH3 is 1. The number of rotatable bonds is 5. The third-order valence-corrected chi connectivity index (χ3v) is 4.43. The van der Waals surface area contributed by atoms with Gasteiger partial charge in [0.1, 0.15) is 11.3 Å². The number of aromatic nitrogens is 4. The molecule has 0 aliphatic rings. The van der Waals surface area contributed by atoms with Crippen LogP contribution in [0.15, 0.2) is 53.9 Å². The van der Waals surface area contributed by atoms with E-state index in [2.05, 4.69) is 20.6 Å². The molecule has 0 amide bonds. The molecule has 0 saturated heterocycles. The fourth-order valence-corrected chi connectivity index (χ4v) is 3.14. The number of nitrogens with zero attached hydrogens (tertiary/aromatic N) is 4. The summed E-state index contributed by atoms with van der Waals surface area (Å²) in [5, 5.41) is 14.5. The van der Waals surface area contributed by atoms with E-state index in [9.17, 15) is 0 Å². The summed E-state index contributed by atoms with van der Waals surface area (Å²) in [6.07, 6.45) is 0. The van der Waals surface area contributed by atoms with Gasteiger partial charge < -0.3 is 10.1 Å². The van der Waals surface area contributed by atoms with Crippen molar-refractivity contribution in [1.82, 2.24) is 20.0 Å². The van der Waals surface area contributed by atoms with Crippen LogP contribution < -0.4 is 10.1 Å². The third-order valence-electron chi connectivity index (χ3n) is 3.63. The van der Waals surface area contributed by atoms with Gasteiger partial charge in [-0.25, -0.2) is 9.67 Å². The number of thiazole rings is 1. The normalized spacial score (nSPS) is 10.9. The maximum Gasteiger partial charge on any atom is 0.187 e. The number of ether oxygens (including phenoxy) is 1. The molecule has 0 aliphatic carbocycles.